The number of hydrogen-bond donors (Lipinski definition) is 1. The molecule has 0 unspecified atom stereocenters. The zero-order valence-electron chi connectivity index (χ0n) is 16.1. The summed E-state index contributed by atoms with van der Waals surface area (Å²) in [5.74, 6) is 0.310. The average molecular weight is 404 g/mol. The van der Waals surface area contributed by atoms with Crippen molar-refractivity contribution in [2.45, 2.75) is 6.54 Å². The van der Waals surface area contributed by atoms with Crippen LogP contribution in [0.5, 0.6) is 5.75 Å². The number of nitrogens with zero attached hydrogens (tertiary/aromatic N) is 2. The Morgan fingerprint density at radius 3 is 2.57 bits per heavy atom. The molecule has 28 heavy (non-hydrogen) atoms. The van der Waals surface area contributed by atoms with E-state index in [1.165, 1.54) is 24.0 Å². The Hall–Kier alpha value is -2.42. The van der Waals surface area contributed by atoms with Crippen LogP contribution in [0.1, 0.15) is 15.9 Å². The quantitative estimate of drug-likeness (QED) is 0.716. The Balaban J connectivity index is 1.46. The number of nitrogens with one attached hydrogen (secondary N) is 1. The standard InChI is InChI=1S/C20H25N3O4S/c1-26-16-5-3-4-15(12-16)13-22-7-9-23(10-8-22)14-18(24)21-19-17(6-11-28-19)20(25)27-2/h3-6,11-12H,7-10,13-14H2,1-2H3,(H,21,24). The fourth-order valence-electron chi connectivity index (χ4n) is 3.18. The lowest BCUT2D eigenvalue weighted by Crippen LogP contribution is -2.48. The van der Waals surface area contributed by atoms with Gasteiger partial charge in [-0.05, 0) is 29.1 Å². The summed E-state index contributed by atoms with van der Waals surface area (Å²) < 4.78 is 10.0. The van der Waals surface area contributed by atoms with E-state index in [0.29, 0.717) is 17.1 Å². The van der Waals surface area contributed by atoms with Crippen molar-refractivity contribution in [2.75, 3.05) is 52.3 Å². The number of benzene rings is 1. The molecule has 3 rings (SSSR count). The molecule has 1 aromatic heterocycles. The first-order chi connectivity index (χ1) is 13.6. The van der Waals surface area contributed by atoms with E-state index >= 15 is 0 Å². The van der Waals surface area contributed by atoms with Crippen LogP contribution >= 0.6 is 11.3 Å². The molecule has 1 saturated heterocycles. The molecule has 2 aromatic rings. The summed E-state index contributed by atoms with van der Waals surface area (Å²) in [7, 11) is 3.00. The fraction of sp³-hybridized carbons (Fsp3) is 0.400. The van der Waals surface area contributed by atoms with E-state index in [2.05, 4.69) is 27.2 Å². The topological polar surface area (TPSA) is 71.1 Å². The third-order valence-electron chi connectivity index (χ3n) is 4.70. The molecular formula is C20H25N3O4S. The number of rotatable bonds is 7. The van der Waals surface area contributed by atoms with Crippen molar-refractivity contribution in [3.05, 3.63) is 46.8 Å². The van der Waals surface area contributed by atoms with Crippen LogP contribution in [0.4, 0.5) is 5.00 Å². The van der Waals surface area contributed by atoms with Crippen LogP contribution in [0.25, 0.3) is 0 Å². The number of carbonyl (C=O) groups is 2. The molecule has 0 bridgehead atoms. The normalized spacial score (nSPS) is 15.2. The highest BCUT2D eigenvalue weighted by Gasteiger charge is 2.21. The van der Waals surface area contributed by atoms with Crippen LogP contribution in [0.3, 0.4) is 0 Å². The van der Waals surface area contributed by atoms with Crippen LogP contribution < -0.4 is 10.1 Å². The monoisotopic (exact) mass is 403 g/mol. The molecule has 1 amide bonds. The van der Waals surface area contributed by atoms with Crippen molar-refractivity contribution in [3.63, 3.8) is 0 Å². The summed E-state index contributed by atoms with van der Waals surface area (Å²) in [6.45, 7) is 4.63. The smallest absolute Gasteiger partial charge is 0.340 e. The van der Waals surface area contributed by atoms with Crippen LogP contribution in [-0.2, 0) is 16.1 Å². The SMILES string of the molecule is COC(=O)c1ccsc1NC(=O)CN1CCN(Cc2cccc(OC)c2)CC1. The van der Waals surface area contributed by atoms with Crippen LogP contribution in [0.15, 0.2) is 35.7 Å². The van der Waals surface area contributed by atoms with Crippen molar-refractivity contribution in [2.24, 2.45) is 0 Å². The van der Waals surface area contributed by atoms with Gasteiger partial charge in [-0.3, -0.25) is 14.6 Å². The first-order valence-corrected chi connectivity index (χ1v) is 10.0. The van der Waals surface area contributed by atoms with Crippen molar-refractivity contribution < 1.29 is 19.1 Å². The number of anilines is 1. The van der Waals surface area contributed by atoms with Gasteiger partial charge < -0.3 is 14.8 Å². The lowest BCUT2D eigenvalue weighted by Gasteiger charge is -2.34. The maximum atomic E-state index is 12.4. The first kappa shape index (κ1) is 20.3. The molecule has 150 valence electrons. The highest BCUT2D eigenvalue weighted by Crippen LogP contribution is 2.24. The lowest BCUT2D eigenvalue weighted by atomic mass is 10.2. The highest BCUT2D eigenvalue weighted by molar-refractivity contribution is 7.14. The third kappa shape index (κ3) is 5.31. The van der Waals surface area contributed by atoms with Gasteiger partial charge in [0.25, 0.3) is 0 Å². The highest BCUT2D eigenvalue weighted by atomic mass is 32.1. The van der Waals surface area contributed by atoms with Gasteiger partial charge >= 0.3 is 5.97 Å². The van der Waals surface area contributed by atoms with Crippen molar-refractivity contribution in [1.29, 1.82) is 0 Å². The molecule has 2 heterocycles. The minimum Gasteiger partial charge on any atom is -0.497 e. The predicted octanol–water partition coefficient (Wildman–Crippen LogP) is 2.30. The van der Waals surface area contributed by atoms with Gasteiger partial charge in [0.15, 0.2) is 0 Å². The van der Waals surface area contributed by atoms with Gasteiger partial charge in [0.05, 0.1) is 26.3 Å². The molecule has 1 aliphatic heterocycles. The molecule has 7 nitrogen and oxygen atoms in total. The molecule has 1 fully saturated rings. The van der Waals surface area contributed by atoms with E-state index in [1.807, 2.05) is 12.1 Å². The van der Waals surface area contributed by atoms with Gasteiger partial charge in [0.1, 0.15) is 10.8 Å². The summed E-state index contributed by atoms with van der Waals surface area (Å²) >= 11 is 1.32. The zero-order valence-corrected chi connectivity index (χ0v) is 17.0. The number of esters is 1. The minimum absolute atomic E-state index is 0.117. The number of piperazine rings is 1. The number of carbonyl (C=O) groups excluding carboxylic acids is 2. The maximum Gasteiger partial charge on any atom is 0.340 e. The van der Waals surface area contributed by atoms with Gasteiger partial charge in [-0.15, -0.1) is 11.3 Å². The number of ether oxygens (including phenoxy) is 2. The Bertz CT molecular complexity index is 815. The predicted molar refractivity (Wildman–Crippen MR) is 109 cm³/mol. The van der Waals surface area contributed by atoms with Gasteiger partial charge in [-0.1, -0.05) is 12.1 Å². The van der Waals surface area contributed by atoms with Gasteiger partial charge in [-0.2, -0.15) is 0 Å². The molecule has 0 radical (unpaired) electrons. The van der Waals surface area contributed by atoms with Crippen molar-refractivity contribution in [3.8, 4) is 5.75 Å². The second kappa shape index (κ2) is 9.68. The second-order valence-corrected chi connectivity index (χ2v) is 7.52. The summed E-state index contributed by atoms with van der Waals surface area (Å²) in [6, 6.07) is 9.76. The fourth-order valence-corrected chi connectivity index (χ4v) is 3.97. The maximum absolute atomic E-state index is 12.4. The summed E-state index contributed by atoms with van der Waals surface area (Å²) in [5.41, 5.74) is 1.61. The summed E-state index contributed by atoms with van der Waals surface area (Å²) in [4.78, 5) is 28.6. The Morgan fingerprint density at radius 2 is 1.86 bits per heavy atom. The molecule has 0 saturated carbocycles. The van der Waals surface area contributed by atoms with Crippen LogP contribution in [0.2, 0.25) is 0 Å². The van der Waals surface area contributed by atoms with E-state index in [1.54, 1.807) is 18.6 Å². The number of methoxy groups -OCH3 is 2. The van der Waals surface area contributed by atoms with Crippen molar-refractivity contribution in [1.82, 2.24) is 9.80 Å². The second-order valence-electron chi connectivity index (χ2n) is 6.61. The molecule has 8 heteroatoms. The Kier molecular flexibility index (Phi) is 7.02. The average Bonchev–Trinajstić information content (AvgIpc) is 3.17. The van der Waals surface area contributed by atoms with E-state index in [4.69, 9.17) is 9.47 Å². The van der Waals surface area contributed by atoms with E-state index in [0.717, 1.165) is 38.5 Å². The Morgan fingerprint density at radius 1 is 1.11 bits per heavy atom. The molecule has 0 spiro atoms. The van der Waals surface area contributed by atoms with Gasteiger partial charge in [0, 0.05) is 32.7 Å². The third-order valence-corrected chi connectivity index (χ3v) is 5.53. The molecule has 0 aliphatic carbocycles. The van der Waals surface area contributed by atoms with Crippen molar-refractivity contribution >= 4 is 28.2 Å². The van der Waals surface area contributed by atoms with E-state index < -0.39 is 5.97 Å². The first-order valence-electron chi connectivity index (χ1n) is 9.12. The zero-order chi connectivity index (χ0) is 19.9. The minimum atomic E-state index is -0.442. The van der Waals surface area contributed by atoms with E-state index in [9.17, 15) is 9.59 Å². The molecule has 1 N–H and O–H groups in total. The summed E-state index contributed by atoms with van der Waals surface area (Å²) in [6.07, 6.45) is 0. The molecular weight excluding hydrogens is 378 g/mol. The summed E-state index contributed by atoms with van der Waals surface area (Å²) in [5, 5.41) is 5.13. The van der Waals surface area contributed by atoms with Gasteiger partial charge in [-0.25, -0.2) is 4.79 Å². The molecule has 0 atom stereocenters. The molecule has 1 aliphatic rings. The Labute approximate surface area is 168 Å². The van der Waals surface area contributed by atoms with Crippen LogP contribution in [-0.4, -0.2) is 68.6 Å². The number of amides is 1. The van der Waals surface area contributed by atoms with E-state index in [-0.39, 0.29) is 5.91 Å². The van der Waals surface area contributed by atoms with Crippen LogP contribution in [0, 0.1) is 0 Å². The van der Waals surface area contributed by atoms with Gasteiger partial charge in [0.2, 0.25) is 5.91 Å². The largest absolute Gasteiger partial charge is 0.497 e. The number of thiophene rings is 1. The molecule has 1 aromatic carbocycles. The lowest BCUT2D eigenvalue weighted by molar-refractivity contribution is -0.117. The number of hydrogen-bond acceptors (Lipinski definition) is 7.